The summed E-state index contributed by atoms with van der Waals surface area (Å²) in [6, 6.07) is 12.0. The quantitative estimate of drug-likeness (QED) is 0.532. The van der Waals surface area contributed by atoms with Gasteiger partial charge >= 0.3 is 0 Å². The first-order chi connectivity index (χ1) is 13.5. The molecule has 0 aliphatic rings. The lowest BCUT2D eigenvalue weighted by Crippen LogP contribution is -2.27. The molecule has 2 N–H and O–H groups in total. The van der Waals surface area contributed by atoms with Crippen molar-refractivity contribution in [1.82, 2.24) is 5.32 Å². The molecule has 0 unspecified atom stereocenters. The van der Waals surface area contributed by atoms with Gasteiger partial charge in [-0.25, -0.2) is 0 Å². The number of nitrogens with one attached hydrogen (secondary N) is 2. The molecule has 0 aliphatic carbocycles. The second-order valence-corrected chi connectivity index (χ2v) is 6.99. The third-order valence-electron chi connectivity index (χ3n) is 3.92. The van der Waals surface area contributed by atoms with E-state index in [2.05, 4.69) is 33.5 Å². The fraction of sp³-hybridized carbons (Fsp3) is 0.333. The maximum atomic E-state index is 12.5. The van der Waals surface area contributed by atoms with E-state index >= 15 is 0 Å². The highest BCUT2D eigenvalue weighted by atomic mass is 79.9. The van der Waals surface area contributed by atoms with Crippen molar-refractivity contribution in [3.63, 3.8) is 0 Å². The summed E-state index contributed by atoms with van der Waals surface area (Å²) in [5.41, 5.74) is 1.50. The third-order valence-corrected chi connectivity index (χ3v) is 4.54. The van der Waals surface area contributed by atoms with Crippen molar-refractivity contribution in [2.24, 2.45) is 0 Å². The molecule has 0 heterocycles. The molecule has 0 saturated carbocycles. The van der Waals surface area contributed by atoms with Crippen molar-refractivity contribution < 1.29 is 19.1 Å². The van der Waals surface area contributed by atoms with E-state index in [4.69, 9.17) is 9.47 Å². The summed E-state index contributed by atoms with van der Waals surface area (Å²) in [5, 5.41) is 5.56. The number of anilines is 1. The minimum Gasteiger partial charge on any atom is -0.492 e. The lowest BCUT2D eigenvalue weighted by Gasteiger charge is -2.11. The van der Waals surface area contributed by atoms with Gasteiger partial charge in [-0.15, -0.1) is 0 Å². The minimum atomic E-state index is -0.266. The number of benzene rings is 2. The van der Waals surface area contributed by atoms with Crippen LogP contribution in [0, 0.1) is 0 Å². The van der Waals surface area contributed by atoms with Gasteiger partial charge in [0.1, 0.15) is 5.75 Å². The Morgan fingerprint density at radius 3 is 2.54 bits per heavy atom. The molecule has 0 atom stereocenters. The second kappa shape index (κ2) is 11.5. The predicted octanol–water partition coefficient (Wildman–Crippen LogP) is 4.26. The van der Waals surface area contributed by atoms with E-state index in [0.717, 1.165) is 17.3 Å². The summed E-state index contributed by atoms with van der Waals surface area (Å²) in [5.74, 6) is 0.224. The molecule has 2 amide bonds. The molecule has 2 rings (SSSR count). The van der Waals surface area contributed by atoms with Crippen molar-refractivity contribution in [3.05, 3.63) is 58.1 Å². The normalized spacial score (nSPS) is 10.4. The number of amides is 2. The van der Waals surface area contributed by atoms with E-state index < -0.39 is 0 Å². The first kappa shape index (κ1) is 21.9. The topological polar surface area (TPSA) is 76.7 Å². The van der Waals surface area contributed by atoms with Crippen molar-refractivity contribution in [2.45, 2.75) is 19.8 Å². The van der Waals surface area contributed by atoms with Crippen LogP contribution in [0.4, 0.5) is 5.69 Å². The number of hydrogen-bond acceptors (Lipinski definition) is 4. The summed E-state index contributed by atoms with van der Waals surface area (Å²) in [4.78, 5) is 24.7. The number of hydrogen-bond donors (Lipinski definition) is 2. The van der Waals surface area contributed by atoms with Crippen molar-refractivity contribution in [2.75, 3.05) is 32.2 Å². The lowest BCUT2D eigenvalue weighted by atomic mass is 10.1. The van der Waals surface area contributed by atoms with Crippen molar-refractivity contribution in [1.29, 1.82) is 0 Å². The van der Waals surface area contributed by atoms with Crippen LogP contribution < -0.4 is 15.4 Å². The van der Waals surface area contributed by atoms with Gasteiger partial charge in [-0.1, -0.05) is 19.4 Å². The van der Waals surface area contributed by atoms with Crippen molar-refractivity contribution >= 4 is 33.4 Å². The van der Waals surface area contributed by atoms with E-state index in [0.29, 0.717) is 42.3 Å². The molecule has 6 nitrogen and oxygen atoms in total. The Balaban J connectivity index is 2.01. The standard InChI is InChI=1S/C21H25BrN2O4/c1-3-4-11-28-19-9-8-16(14-18(19)22)21(26)24-17-7-5-6-15(13-17)20(25)23-10-12-27-2/h5-9,13-14H,3-4,10-12H2,1-2H3,(H,23,25)(H,24,26). The Hall–Kier alpha value is -2.38. The highest BCUT2D eigenvalue weighted by Gasteiger charge is 2.11. The molecule has 0 radical (unpaired) electrons. The van der Waals surface area contributed by atoms with Crippen LogP contribution in [-0.2, 0) is 4.74 Å². The Kier molecular flexibility index (Phi) is 8.97. The smallest absolute Gasteiger partial charge is 0.255 e. The average molecular weight is 449 g/mol. The molecular formula is C21H25BrN2O4. The van der Waals surface area contributed by atoms with Gasteiger partial charge in [-0.3, -0.25) is 9.59 Å². The molecule has 28 heavy (non-hydrogen) atoms. The number of methoxy groups -OCH3 is 1. The zero-order chi connectivity index (χ0) is 20.4. The summed E-state index contributed by atoms with van der Waals surface area (Å²) < 4.78 is 11.3. The fourth-order valence-corrected chi connectivity index (χ4v) is 2.89. The van der Waals surface area contributed by atoms with Crippen LogP contribution >= 0.6 is 15.9 Å². The van der Waals surface area contributed by atoms with Gasteiger partial charge in [0.25, 0.3) is 11.8 Å². The molecule has 0 spiro atoms. The molecule has 0 fully saturated rings. The zero-order valence-corrected chi connectivity index (χ0v) is 17.7. The zero-order valence-electron chi connectivity index (χ0n) is 16.1. The molecule has 7 heteroatoms. The number of halogens is 1. The Bertz CT molecular complexity index is 811. The Morgan fingerprint density at radius 1 is 1.04 bits per heavy atom. The number of ether oxygens (including phenoxy) is 2. The summed E-state index contributed by atoms with van der Waals surface area (Å²) >= 11 is 3.45. The van der Waals surface area contributed by atoms with Crippen molar-refractivity contribution in [3.8, 4) is 5.75 Å². The van der Waals surface area contributed by atoms with E-state index in [9.17, 15) is 9.59 Å². The summed E-state index contributed by atoms with van der Waals surface area (Å²) in [7, 11) is 1.57. The molecule has 0 bridgehead atoms. The first-order valence-corrected chi connectivity index (χ1v) is 9.95. The lowest BCUT2D eigenvalue weighted by molar-refractivity contribution is 0.0936. The van der Waals surface area contributed by atoms with Crippen LogP contribution in [0.15, 0.2) is 46.9 Å². The molecule has 2 aromatic rings. The van der Waals surface area contributed by atoms with E-state index in [1.165, 1.54) is 0 Å². The van der Waals surface area contributed by atoms with Gasteiger partial charge in [0.15, 0.2) is 0 Å². The van der Waals surface area contributed by atoms with Crippen LogP contribution in [0.3, 0.4) is 0 Å². The Morgan fingerprint density at radius 2 is 1.82 bits per heavy atom. The van der Waals surface area contributed by atoms with Gasteiger partial charge in [0.05, 0.1) is 17.7 Å². The van der Waals surface area contributed by atoms with E-state index in [1.807, 2.05) is 0 Å². The molecule has 0 aromatic heterocycles. The van der Waals surface area contributed by atoms with E-state index in [-0.39, 0.29) is 11.8 Å². The third kappa shape index (κ3) is 6.65. The maximum absolute atomic E-state index is 12.5. The minimum absolute atomic E-state index is 0.218. The summed E-state index contributed by atoms with van der Waals surface area (Å²) in [6.07, 6.45) is 2.03. The molecular weight excluding hydrogens is 424 g/mol. The van der Waals surface area contributed by atoms with Crippen LogP contribution in [-0.4, -0.2) is 38.7 Å². The number of unbranched alkanes of at least 4 members (excludes halogenated alkanes) is 1. The highest BCUT2D eigenvalue weighted by molar-refractivity contribution is 9.10. The largest absolute Gasteiger partial charge is 0.492 e. The number of carbonyl (C=O) groups excluding carboxylic acids is 2. The van der Waals surface area contributed by atoms with Gasteiger partial charge in [-0.2, -0.15) is 0 Å². The van der Waals surface area contributed by atoms with Crippen LogP contribution in [0.2, 0.25) is 0 Å². The molecule has 150 valence electrons. The van der Waals surface area contributed by atoms with Crippen LogP contribution in [0.25, 0.3) is 0 Å². The number of carbonyl (C=O) groups is 2. The van der Waals surface area contributed by atoms with Gasteiger partial charge in [0.2, 0.25) is 0 Å². The second-order valence-electron chi connectivity index (χ2n) is 6.13. The fourth-order valence-electron chi connectivity index (χ4n) is 2.40. The van der Waals surface area contributed by atoms with Gasteiger partial charge < -0.3 is 20.1 Å². The molecule has 2 aromatic carbocycles. The maximum Gasteiger partial charge on any atom is 0.255 e. The highest BCUT2D eigenvalue weighted by Crippen LogP contribution is 2.26. The molecule has 0 saturated heterocycles. The number of rotatable bonds is 10. The van der Waals surface area contributed by atoms with Crippen LogP contribution in [0.1, 0.15) is 40.5 Å². The molecule has 0 aliphatic heterocycles. The summed E-state index contributed by atoms with van der Waals surface area (Å²) in [6.45, 7) is 3.60. The predicted molar refractivity (Wildman–Crippen MR) is 113 cm³/mol. The van der Waals surface area contributed by atoms with Gasteiger partial charge in [-0.05, 0) is 58.7 Å². The average Bonchev–Trinajstić information content (AvgIpc) is 2.69. The SMILES string of the molecule is CCCCOc1ccc(C(=O)Nc2cccc(C(=O)NCCOC)c2)cc1Br. The monoisotopic (exact) mass is 448 g/mol. The van der Waals surface area contributed by atoms with Crippen LogP contribution in [0.5, 0.6) is 5.75 Å². The van der Waals surface area contributed by atoms with Gasteiger partial charge in [0, 0.05) is 30.5 Å². The Labute approximate surface area is 173 Å². The first-order valence-electron chi connectivity index (χ1n) is 9.16. The van der Waals surface area contributed by atoms with E-state index in [1.54, 1.807) is 49.6 Å².